The van der Waals surface area contributed by atoms with E-state index >= 15 is 0 Å². The van der Waals surface area contributed by atoms with E-state index in [1.807, 2.05) is 12.1 Å². The summed E-state index contributed by atoms with van der Waals surface area (Å²) in [4.78, 5) is 11.3. The first-order valence-electron chi connectivity index (χ1n) is 7.42. The molecule has 0 fully saturated rings. The van der Waals surface area contributed by atoms with E-state index in [1.54, 1.807) is 13.2 Å². The van der Waals surface area contributed by atoms with E-state index in [1.165, 1.54) is 10.2 Å². The first kappa shape index (κ1) is 17.0. The van der Waals surface area contributed by atoms with Crippen molar-refractivity contribution in [2.24, 2.45) is 12.8 Å². The summed E-state index contributed by atoms with van der Waals surface area (Å²) in [7, 11) is 1.71. The fourth-order valence-corrected chi connectivity index (χ4v) is 2.41. The maximum atomic E-state index is 11.3. The molecule has 4 N–H and O–H groups in total. The Morgan fingerprint density at radius 1 is 1.35 bits per heavy atom. The van der Waals surface area contributed by atoms with Gasteiger partial charge in [-0.15, -0.1) is 0 Å². The summed E-state index contributed by atoms with van der Waals surface area (Å²) in [6.07, 6.45) is 2.75. The molecule has 7 heteroatoms. The topological polar surface area (TPSA) is 85.0 Å². The van der Waals surface area contributed by atoms with Gasteiger partial charge in [0.15, 0.2) is 10.8 Å². The molecule has 2 aromatic rings. The monoisotopic (exact) mass is 331 g/mol. The average Bonchev–Trinajstić information content (AvgIpc) is 2.87. The summed E-state index contributed by atoms with van der Waals surface area (Å²) in [6.45, 7) is 4.36. The molecule has 2 rings (SSSR count). The maximum absolute atomic E-state index is 11.3. The second kappa shape index (κ2) is 7.23. The Labute approximate surface area is 141 Å². The largest absolute Gasteiger partial charge is 0.364 e. The molecule has 1 atom stereocenters. The molecule has 0 saturated heterocycles. The lowest BCUT2D eigenvalue weighted by Crippen LogP contribution is -2.21. The van der Waals surface area contributed by atoms with E-state index in [-0.39, 0.29) is 5.69 Å². The molecule has 0 bridgehead atoms. The lowest BCUT2D eigenvalue weighted by molar-refractivity contribution is 0.0995. The van der Waals surface area contributed by atoms with Crippen LogP contribution in [0.1, 0.15) is 42.2 Å². The van der Waals surface area contributed by atoms with E-state index in [0.717, 1.165) is 12.1 Å². The Hall–Kier alpha value is -2.41. The second-order valence-corrected chi connectivity index (χ2v) is 5.85. The molecule has 1 aromatic heterocycles. The Kier molecular flexibility index (Phi) is 5.33. The SMILES string of the molecule is CCC(C)c1ccc(NC(=S)Nc2cn(C)nc2C(N)=O)cc1. The predicted octanol–water partition coefficient (Wildman–Crippen LogP) is 2.84. The van der Waals surface area contributed by atoms with Gasteiger partial charge >= 0.3 is 0 Å². The molecule has 0 aliphatic heterocycles. The van der Waals surface area contributed by atoms with Gasteiger partial charge in [0.2, 0.25) is 0 Å². The normalized spacial score (nSPS) is 11.8. The van der Waals surface area contributed by atoms with Gasteiger partial charge in [0.25, 0.3) is 5.91 Å². The number of rotatable bonds is 5. The van der Waals surface area contributed by atoms with Crippen molar-refractivity contribution < 1.29 is 4.79 Å². The molecule has 122 valence electrons. The number of nitrogens with one attached hydrogen (secondary N) is 2. The summed E-state index contributed by atoms with van der Waals surface area (Å²) in [5.74, 6) is -0.0727. The van der Waals surface area contributed by atoms with Gasteiger partial charge < -0.3 is 16.4 Å². The Morgan fingerprint density at radius 2 is 2.00 bits per heavy atom. The van der Waals surface area contributed by atoms with Crippen molar-refractivity contribution >= 4 is 34.6 Å². The molecule has 1 heterocycles. The molecule has 6 nitrogen and oxygen atoms in total. The van der Waals surface area contributed by atoms with Crippen molar-refractivity contribution in [3.05, 3.63) is 41.7 Å². The maximum Gasteiger partial charge on any atom is 0.271 e. The molecule has 0 spiro atoms. The van der Waals surface area contributed by atoms with Gasteiger partial charge in [-0.3, -0.25) is 9.48 Å². The highest BCUT2D eigenvalue weighted by Crippen LogP contribution is 2.20. The van der Waals surface area contributed by atoms with Crippen LogP contribution in [0.25, 0.3) is 0 Å². The number of hydrogen-bond donors (Lipinski definition) is 3. The number of anilines is 2. The van der Waals surface area contributed by atoms with Crippen LogP contribution < -0.4 is 16.4 Å². The van der Waals surface area contributed by atoms with Crippen LogP contribution in [0.2, 0.25) is 0 Å². The molecule has 1 unspecified atom stereocenters. The molecule has 1 amide bonds. The van der Waals surface area contributed by atoms with Crippen LogP contribution >= 0.6 is 12.2 Å². The third-order valence-electron chi connectivity index (χ3n) is 3.66. The molecule has 23 heavy (non-hydrogen) atoms. The lowest BCUT2D eigenvalue weighted by atomic mass is 9.99. The number of hydrogen-bond acceptors (Lipinski definition) is 3. The van der Waals surface area contributed by atoms with Gasteiger partial charge in [-0.25, -0.2) is 0 Å². The van der Waals surface area contributed by atoms with Gasteiger partial charge in [-0.2, -0.15) is 5.10 Å². The van der Waals surface area contributed by atoms with Crippen molar-refractivity contribution in [2.45, 2.75) is 26.2 Å². The van der Waals surface area contributed by atoms with E-state index in [4.69, 9.17) is 18.0 Å². The minimum absolute atomic E-state index is 0.156. The number of aryl methyl sites for hydroxylation is 1. The Bertz CT molecular complexity index is 708. The fourth-order valence-electron chi connectivity index (χ4n) is 2.18. The number of nitrogens with two attached hydrogens (primary N) is 1. The molecular formula is C16H21N5OS. The van der Waals surface area contributed by atoms with Crippen LogP contribution in [0.4, 0.5) is 11.4 Å². The van der Waals surface area contributed by atoms with Gasteiger partial charge in [0, 0.05) is 18.9 Å². The quantitative estimate of drug-likeness (QED) is 0.734. The fraction of sp³-hybridized carbons (Fsp3) is 0.312. The second-order valence-electron chi connectivity index (χ2n) is 5.44. The van der Waals surface area contributed by atoms with Crippen LogP contribution in [-0.2, 0) is 7.05 Å². The van der Waals surface area contributed by atoms with Gasteiger partial charge in [0.05, 0.1) is 5.69 Å². The van der Waals surface area contributed by atoms with Crippen LogP contribution in [-0.4, -0.2) is 20.8 Å². The molecule has 0 saturated carbocycles. The minimum Gasteiger partial charge on any atom is -0.364 e. The Morgan fingerprint density at radius 3 is 2.57 bits per heavy atom. The van der Waals surface area contributed by atoms with Crippen molar-refractivity contribution in [2.75, 3.05) is 10.6 Å². The number of benzene rings is 1. The van der Waals surface area contributed by atoms with Gasteiger partial charge in [-0.1, -0.05) is 26.0 Å². The summed E-state index contributed by atoms with van der Waals surface area (Å²) in [6, 6.07) is 8.12. The van der Waals surface area contributed by atoms with Crippen molar-refractivity contribution in [3.63, 3.8) is 0 Å². The molecule has 0 radical (unpaired) electrons. The summed E-state index contributed by atoms with van der Waals surface area (Å²) in [5.41, 5.74) is 8.10. The molecule has 0 aliphatic rings. The molecule has 1 aromatic carbocycles. The predicted molar refractivity (Wildman–Crippen MR) is 96.7 cm³/mol. The van der Waals surface area contributed by atoms with Crippen LogP contribution in [0.3, 0.4) is 0 Å². The number of nitrogens with zero attached hydrogens (tertiary/aromatic N) is 2. The van der Waals surface area contributed by atoms with E-state index in [9.17, 15) is 4.79 Å². The number of carbonyl (C=O) groups is 1. The summed E-state index contributed by atoms with van der Waals surface area (Å²) in [5, 5.41) is 10.4. The minimum atomic E-state index is -0.603. The zero-order valence-electron chi connectivity index (χ0n) is 13.5. The third kappa shape index (κ3) is 4.29. The summed E-state index contributed by atoms with van der Waals surface area (Å²) >= 11 is 5.27. The zero-order valence-corrected chi connectivity index (χ0v) is 14.3. The van der Waals surface area contributed by atoms with E-state index in [2.05, 4.69) is 41.7 Å². The first-order chi connectivity index (χ1) is 10.9. The average molecular weight is 331 g/mol. The standard InChI is InChI=1S/C16H21N5OS/c1-4-10(2)11-5-7-12(8-6-11)18-16(23)19-13-9-21(3)20-14(13)15(17)22/h5-10H,4H2,1-3H3,(H2,17,22)(H2,18,19,23). The molecule has 0 aliphatic carbocycles. The highest BCUT2D eigenvalue weighted by molar-refractivity contribution is 7.80. The highest BCUT2D eigenvalue weighted by atomic mass is 32.1. The molecular weight excluding hydrogens is 310 g/mol. The highest BCUT2D eigenvalue weighted by Gasteiger charge is 2.14. The Balaban J connectivity index is 2.04. The van der Waals surface area contributed by atoms with Crippen LogP contribution in [0.15, 0.2) is 30.5 Å². The smallest absolute Gasteiger partial charge is 0.271 e. The van der Waals surface area contributed by atoms with Gasteiger partial charge in [-0.05, 0) is 42.3 Å². The van der Waals surface area contributed by atoms with Crippen molar-refractivity contribution in [1.29, 1.82) is 0 Å². The van der Waals surface area contributed by atoms with Crippen molar-refractivity contribution in [3.8, 4) is 0 Å². The van der Waals surface area contributed by atoms with E-state index < -0.39 is 5.91 Å². The van der Waals surface area contributed by atoms with Crippen molar-refractivity contribution in [1.82, 2.24) is 9.78 Å². The number of thiocarbonyl (C=S) groups is 1. The van der Waals surface area contributed by atoms with E-state index in [0.29, 0.717) is 16.7 Å². The van der Waals surface area contributed by atoms with Crippen LogP contribution in [0.5, 0.6) is 0 Å². The zero-order chi connectivity index (χ0) is 17.0. The lowest BCUT2D eigenvalue weighted by Gasteiger charge is -2.12. The number of primary amides is 1. The summed E-state index contributed by atoms with van der Waals surface area (Å²) < 4.78 is 1.51. The number of aromatic nitrogens is 2. The number of carbonyl (C=O) groups excluding carboxylic acids is 1. The first-order valence-corrected chi connectivity index (χ1v) is 7.83. The van der Waals surface area contributed by atoms with Gasteiger partial charge in [0.1, 0.15) is 0 Å². The van der Waals surface area contributed by atoms with Crippen LogP contribution in [0, 0.1) is 0 Å². The third-order valence-corrected chi connectivity index (χ3v) is 3.86. The number of amides is 1.